The lowest BCUT2D eigenvalue weighted by Gasteiger charge is -2.07. The highest BCUT2D eigenvalue weighted by molar-refractivity contribution is 7.97. The van der Waals surface area contributed by atoms with E-state index in [4.69, 9.17) is 5.73 Å². The van der Waals surface area contributed by atoms with Crippen molar-refractivity contribution in [2.45, 2.75) is 11.5 Å². The zero-order valence-electron chi connectivity index (χ0n) is 9.88. The summed E-state index contributed by atoms with van der Waals surface area (Å²) in [6.45, 7) is 0. The van der Waals surface area contributed by atoms with Gasteiger partial charge in [-0.1, -0.05) is 0 Å². The molecule has 0 saturated heterocycles. The van der Waals surface area contributed by atoms with Crippen LogP contribution in [0, 0.1) is 0 Å². The number of fused-ring (bicyclic) bond motifs is 1. The largest absolute Gasteiger partial charge is 0.366 e. The molecule has 6 heteroatoms. The van der Waals surface area contributed by atoms with Crippen molar-refractivity contribution >= 4 is 41.3 Å². The molecule has 0 unspecified atom stereocenters. The summed E-state index contributed by atoms with van der Waals surface area (Å²) in [4.78, 5) is 20.2. The van der Waals surface area contributed by atoms with E-state index in [0.29, 0.717) is 16.8 Å². The molecular formula is C12H13N3OS2. The fraction of sp³-hybridized carbons (Fsp3) is 0.250. The van der Waals surface area contributed by atoms with Gasteiger partial charge in [0, 0.05) is 17.1 Å². The van der Waals surface area contributed by atoms with Crippen LogP contribution in [0.2, 0.25) is 0 Å². The number of benzene rings is 1. The molecule has 1 heterocycles. The zero-order chi connectivity index (χ0) is 13.1. The Morgan fingerprint density at radius 1 is 1.33 bits per heavy atom. The highest BCUT2D eigenvalue weighted by Gasteiger charge is 2.09. The number of hydrogen-bond donors (Lipinski definition) is 2. The van der Waals surface area contributed by atoms with Gasteiger partial charge in [0.2, 0.25) is 5.91 Å². The van der Waals surface area contributed by atoms with Gasteiger partial charge in [-0.3, -0.25) is 4.79 Å². The Morgan fingerprint density at radius 2 is 2.06 bits per heavy atom. The Bertz CT molecular complexity index is 601. The van der Waals surface area contributed by atoms with Crippen LogP contribution in [0.3, 0.4) is 0 Å². The van der Waals surface area contributed by atoms with Crippen molar-refractivity contribution in [2.75, 3.05) is 6.26 Å². The van der Waals surface area contributed by atoms with E-state index in [-0.39, 0.29) is 0 Å². The van der Waals surface area contributed by atoms with E-state index in [1.807, 2.05) is 6.26 Å². The maximum absolute atomic E-state index is 11.1. The van der Waals surface area contributed by atoms with Crippen LogP contribution in [0.1, 0.15) is 21.7 Å². The Kier molecular flexibility index (Phi) is 4.08. The molecule has 2 N–H and O–H groups in total. The molecule has 2 rings (SSSR count). The standard InChI is InChI=1S/C12H13N3OS2/c1-18-6-11-10(5-17)14-8-3-2-7(12(13)16)4-9(8)15-11/h2-4,17H,5-6H2,1H3,(H2,13,16). The number of thioether (sulfide) groups is 1. The highest BCUT2D eigenvalue weighted by atomic mass is 32.2. The molecule has 2 aromatic rings. The first-order valence-corrected chi connectivity index (χ1v) is 7.37. The molecule has 1 aromatic carbocycles. The average molecular weight is 279 g/mol. The number of nitrogens with zero attached hydrogens (tertiary/aromatic N) is 2. The third kappa shape index (κ3) is 2.59. The van der Waals surface area contributed by atoms with Crippen LogP contribution in [0.4, 0.5) is 0 Å². The predicted molar refractivity (Wildman–Crippen MR) is 78.0 cm³/mol. The summed E-state index contributed by atoms with van der Waals surface area (Å²) in [5, 5.41) is 0. The summed E-state index contributed by atoms with van der Waals surface area (Å²) in [5.41, 5.74) is 8.95. The zero-order valence-corrected chi connectivity index (χ0v) is 11.6. The highest BCUT2D eigenvalue weighted by Crippen LogP contribution is 2.19. The van der Waals surface area contributed by atoms with Crippen LogP contribution >= 0.6 is 24.4 Å². The Labute approximate surface area is 115 Å². The molecule has 0 radical (unpaired) electrons. The van der Waals surface area contributed by atoms with Gasteiger partial charge in [-0.15, -0.1) is 0 Å². The van der Waals surface area contributed by atoms with Gasteiger partial charge in [0.15, 0.2) is 0 Å². The first-order chi connectivity index (χ1) is 8.65. The first-order valence-electron chi connectivity index (χ1n) is 5.35. The van der Waals surface area contributed by atoms with Crippen LogP contribution < -0.4 is 5.73 Å². The number of hydrogen-bond acceptors (Lipinski definition) is 5. The predicted octanol–water partition coefficient (Wildman–Crippen LogP) is 2.02. The smallest absolute Gasteiger partial charge is 0.248 e. The normalized spacial score (nSPS) is 10.8. The summed E-state index contributed by atoms with van der Waals surface area (Å²) in [6.07, 6.45) is 2.01. The minimum atomic E-state index is -0.455. The topological polar surface area (TPSA) is 68.9 Å². The molecular weight excluding hydrogens is 266 g/mol. The van der Waals surface area contributed by atoms with E-state index < -0.39 is 5.91 Å². The van der Waals surface area contributed by atoms with Crippen molar-refractivity contribution in [3.05, 3.63) is 35.2 Å². The molecule has 1 aromatic heterocycles. The Morgan fingerprint density at radius 3 is 2.67 bits per heavy atom. The van der Waals surface area contributed by atoms with Gasteiger partial charge in [0.1, 0.15) is 0 Å². The van der Waals surface area contributed by atoms with E-state index in [2.05, 4.69) is 22.6 Å². The molecule has 0 bridgehead atoms. The van der Waals surface area contributed by atoms with Gasteiger partial charge in [-0.25, -0.2) is 9.97 Å². The number of rotatable bonds is 4. The number of carbonyl (C=O) groups excluding carboxylic acids is 1. The maximum atomic E-state index is 11.1. The van der Waals surface area contributed by atoms with Crippen LogP contribution in [0.5, 0.6) is 0 Å². The fourth-order valence-electron chi connectivity index (χ4n) is 1.66. The van der Waals surface area contributed by atoms with Gasteiger partial charge in [-0.2, -0.15) is 24.4 Å². The van der Waals surface area contributed by atoms with Crippen molar-refractivity contribution in [3.8, 4) is 0 Å². The van der Waals surface area contributed by atoms with Crippen molar-refractivity contribution in [1.82, 2.24) is 9.97 Å². The molecule has 18 heavy (non-hydrogen) atoms. The third-order valence-electron chi connectivity index (χ3n) is 2.53. The summed E-state index contributed by atoms with van der Waals surface area (Å²) < 4.78 is 0. The van der Waals surface area contributed by atoms with E-state index in [0.717, 1.165) is 22.7 Å². The summed E-state index contributed by atoms with van der Waals surface area (Å²) in [7, 11) is 0. The third-order valence-corrected chi connectivity index (χ3v) is 3.40. The number of nitrogens with two attached hydrogens (primary N) is 1. The average Bonchev–Trinajstić information content (AvgIpc) is 2.37. The second-order valence-corrected chi connectivity index (χ2v) is 4.96. The number of primary amides is 1. The molecule has 0 spiro atoms. The van der Waals surface area contributed by atoms with Crippen molar-refractivity contribution in [1.29, 1.82) is 0 Å². The minimum Gasteiger partial charge on any atom is -0.366 e. The number of aromatic nitrogens is 2. The van der Waals surface area contributed by atoms with Gasteiger partial charge >= 0.3 is 0 Å². The van der Waals surface area contributed by atoms with Crippen LogP contribution in [-0.2, 0) is 11.5 Å². The van der Waals surface area contributed by atoms with Crippen LogP contribution in [-0.4, -0.2) is 22.1 Å². The fourth-order valence-corrected chi connectivity index (χ4v) is 2.42. The molecule has 0 aliphatic carbocycles. The molecule has 4 nitrogen and oxygen atoms in total. The molecule has 94 valence electrons. The van der Waals surface area contributed by atoms with Crippen LogP contribution in [0.25, 0.3) is 11.0 Å². The Balaban J connectivity index is 2.60. The number of thiol groups is 1. The molecule has 0 atom stereocenters. The van der Waals surface area contributed by atoms with Gasteiger partial charge < -0.3 is 5.73 Å². The van der Waals surface area contributed by atoms with E-state index >= 15 is 0 Å². The quantitative estimate of drug-likeness (QED) is 0.840. The van der Waals surface area contributed by atoms with E-state index in [1.165, 1.54) is 0 Å². The lowest BCUT2D eigenvalue weighted by molar-refractivity contribution is 0.100. The second-order valence-electron chi connectivity index (χ2n) is 3.78. The SMILES string of the molecule is CSCc1nc2cc(C(N)=O)ccc2nc1CS. The number of carbonyl (C=O) groups is 1. The van der Waals surface area contributed by atoms with Crippen molar-refractivity contribution < 1.29 is 4.79 Å². The van der Waals surface area contributed by atoms with E-state index in [1.54, 1.807) is 30.0 Å². The number of amides is 1. The summed E-state index contributed by atoms with van der Waals surface area (Å²) >= 11 is 5.94. The van der Waals surface area contributed by atoms with Gasteiger partial charge in [0.05, 0.1) is 22.4 Å². The van der Waals surface area contributed by atoms with Crippen molar-refractivity contribution in [3.63, 3.8) is 0 Å². The second kappa shape index (κ2) is 5.58. The summed E-state index contributed by atoms with van der Waals surface area (Å²) in [5.74, 6) is 0.874. The lowest BCUT2D eigenvalue weighted by atomic mass is 10.1. The minimum absolute atomic E-state index is 0.450. The van der Waals surface area contributed by atoms with Crippen molar-refractivity contribution in [2.24, 2.45) is 5.73 Å². The molecule has 0 aliphatic rings. The van der Waals surface area contributed by atoms with Gasteiger partial charge in [0.25, 0.3) is 0 Å². The summed E-state index contributed by atoms with van der Waals surface area (Å²) in [6, 6.07) is 5.10. The maximum Gasteiger partial charge on any atom is 0.248 e. The molecule has 0 aliphatic heterocycles. The monoisotopic (exact) mass is 279 g/mol. The molecule has 1 amide bonds. The molecule has 0 saturated carbocycles. The lowest BCUT2D eigenvalue weighted by Crippen LogP contribution is -2.11. The Hall–Kier alpha value is -1.27. The van der Waals surface area contributed by atoms with Crippen LogP contribution in [0.15, 0.2) is 18.2 Å². The molecule has 0 fully saturated rings. The van der Waals surface area contributed by atoms with E-state index in [9.17, 15) is 4.79 Å². The van der Waals surface area contributed by atoms with Gasteiger partial charge in [-0.05, 0) is 24.5 Å². The first kappa shape index (κ1) is 13.2.